The zero-order valence-corrected chi connectivity index (χ0v) is 21.1. The summed E-state index contributed by atoms with van der Waals surface area (Å²) in [6, 6.07) is 6.98. The van der Waals surface area contributed by atoms with E-state index in [9.17, 15) is 9.59 Å². The molecule has 1 aromatic heterocycles. The van der Waals surface area contributed by atoms with Crippen LogP contribution >= 0.6 is 23.6 Å². The van der Waals surface area contributed by atoms with Crippen molar-refractivity contribution < 1.29 is 23.8 Å². The molecule has 32 heavy (non-hydrogen) atoms. The Morgan fingerprint density at radius 2 is 1.84 bits per heavy atom. The van der Waals surface area contributed by atoms with Crippen LogP contribution in [-0.2, 0) is 28.9 Å². The molecule has 7 heteroatoms. The number of thiophene rings is 1. The number of methoxy groups -OCH3 is 1. The van der Waals surface area contributed by atoms with Crippen molar-refractivity contribution in [3.05, 3.63) is 50.7 Å². The lowest BCUT2D eigenvalue weighted by Crippen LogP contribution is -2.32. The first-order valence-electron chi connectivity index (χ1n) is 10.6. The number of esters is 1. The lowest BCUT2D eigenvalue weighted by Gasteiger charge is -2.30. The highest BCUT2D eigenvalue weighted by Gasteiger charge is 2.35. The first-order valence-corrected chi connectivity index (χ1v) is 11.8. The fourth-order valence-electron chi connectivity index (χ4n) is 3.60. The highest BCUT2D eigenvalue weighted by atomic mass is 32.1. The van der Waals surface area contributed by atoms with Crippen molar-refractivity contribution in [1.82, 2.24) is 0 Å². The summed E-state index contributed by atoms with van der Waals surface area (Å²) in [5, 5.41) is 0. The molecule has 0 bridgehead atoms. The minimum atomic E-state index is -0.602. The molecule has 2 heterocycles. The van der Waals surface area contributed by atoms with Gasteiger partial charge in [-0.05, 0) is 64.4 Å². The second kappa shape index (κ2) is 9.41. The summed E-state index contributed by atoms with van der Waals surface area (Å²) in [5.74, 6) is 0.301. The van der Waals surface area contributed by atoms with Gasteiger partial charge in [0, 0.05) is 39.4 Å². The second-order valence-electron chi connectivity index (χ2n) is 9.57. The molecule has 1 aliphatic rings. The number of Topliss-reactive ketones (excluding diaryl/α,β-unsaturated/α-hetero) is 1. The van der Waals surface area contributed by atoms with Gasteiger partial charge >= 0.3 is 5.97 Å². The number of carbonyl (C=O) groups excluding carboxylic acids is 2. The van der Waals surface area contributed by atoms with E-state index in [1.807, 2.05) is 34.6 Å². The molecule has 0 saturated heterocycles. The topological polar surface area (TPSA) is 61.8 Å². The van der Waals surface area contributed by atoms with E-state index in [1.165, 1.54) is 11.3 Å². The minimum absolute atomic E-state index is 0.0535. The SMILES string of the molecule is COc1ccc(C(=O)CC(=S)Cc2sc3c(c2C(=O)OC(C)(C)C)CC(C)(C)OC3)cc1. The van der Waals surface area contributed by atoms with Crippen molar-refractivity contribution in [3.8, 4) is 5.75 Å². The van der Waals surface area contributed by atoms with Gasteiger partial charge in [-0.1, -0.05) is 12.2 Å². The van der Waals surface area contributed by atoms with Crippen LogP contribution in [0.15, 0.2) is 24.3 Å². The van der Waals surface area contributed by atoms with Gasteiger partial charge in [-0.15, -0.1) is 11.3 Å². The first-order chi connectivity index (χ1) is 14.9. The third-order valence-electron chi connectivity index (χ3n) is 5.09. The van der Waals surface area contributed by atoms with E-state index < -0.39 is 5.60 Å². The van der Waals surface area contributed by atoms with Crippen LogP contribution in [-0.4, -0.2) is 34.9 Å². The zero-order valence-electron chi connectivity index (χ0n) is 19.5. The van der Waals surface area contributed by atoms with Gasteiger partial charge in [0.2, 0.25) is 0 Å². The summed E-state index contributed by atoms with van der Waals surface area (Å²) >= 11 is 7.11. The van der Waals surface area contributed by atoms with Crippen molar-refractivity contribution >= 4 is 40.2 Å². The number of fused-ring (bicyclic) bond motifs is 1. The third-order valence-corrected chi connectivity index (χ3v) is 6.58. The minimum Gasteiger partial charge on any atom is -0.497 e. The predicted octanol–water partition coefficient (Wildman–Crippen LogP) is 5.75. The van der Waals surface area contributed by atoms with Gasteiger partial charge in [0.25, 0.3) is 0 Å². The Morgan fingerprint density at radius 1 is 1.19 bits per heavy atom. The molecule has 0 aliphatic carbocycles. The Hall–Kier alpha value is -2.09. The number of hydrogen-bond acceptors (Lipinski definition) is 7. The summed E-state index contributed by atoms with van der Waals surface area (Å²) in [6.45, 7) is 10.1. The number of carbonyl (C=O) groups is 2. The maximum atomic E-state index is 13.1. The lowest BCUT2D eigenvalue weighted by molar-refractivity contribution is -0.0387. The summed E-state index contributed by atoms with van der Waals surface area (Å²) in [5.41, 5.74) is 1.21. The van der Waals surface area contributed by atoms with E-state index in [2.05, 4.69) is 0 Å². The quantitative estimate of drug-likeness (QED) is 0.289. The van der Waals surface area contributed by atoms with Crippen LogP contribution in [0, 0.1) is 0 Å². The molecule has 0 saturated carbocycles. The number of thiocarbonyl (C=S) groups is 1. The largest absolute Gasteiger partial charge is 0.497 e. The van der Waals surface area contributed by atoms with Crippen LogP contribution in [0.5, 0.6) is 5.75 Å². The first kappa shape index (κ1) is 24.6. The molecule has 0 unspecified atom stereocenters. The third kappa shape index (κ3) is 6.03. The Bertz CT molecular complexity index is 1030. The lowest BCUT2D eigenvalue weighted by atomic mass is 9.91. The van der Waals surface area contributed by atoms with Gasteiger partial charge in [-0.25, -0.2) is 4.79 Å². The van der Waals surface area contributed by atoms with Gasteiger partial charge in [0.05, 0.1) is 24.9 Å². The smallest absolute Gasteiger partial charge is 0.340 e. The fourth-order valence-corrected chi connectivity index (χ4v) is 5.24. The molecule has 0 N–H and O–H groups in total. The Balaban J connectivity index is 1.83. The average molecular weight is 475 g/mol. The van der Waals surface area contributed by atoms with E-state index in [0.29, 0.717) is 41.2 Å². The number of rotatable bonds is 7. The second-order valence-corrected chi connectivity index (χ2v) is 11.3. The fraction of sp³-hybridized carbons (Fsp3) is 0.480. The molecule has 0 radical (unpaired) electrons. The van der Waals surface area contributed by atoms with Crippen LogP contribution in [0.1, 0.15) is 77.1 Å². The molecule has 0 spiro atoms. The molecule has 3 rings (SSSR count). The molecule has 1 aromatic carbocycles. The van der Waals surface area contributed by atoms with E-state index in [4.69, 9.17) is 26.4 Å². The number of ether oxygens (including phenoxy) is 3. The maximum absolute atomic E-state index is 13.1. The number of hydrogen-bond donors (Lipinski definition) is 0. The van der Waals surface area contributed by atoms with Crippen molar-refractivity contribution in [2.24, 2.45) is 0 Å². The number of ketones is 1. The molecule has 1 aliphatic heterocycles. The standard InChI is InChI=1S/C25H30O5S2/c1-24(2,3)30-23(27)22-18-13-25(4,5)29-14-21(18)32-20(22)12-17(31)11-19(26)15-7-9-16(28-6)10-8-15/h7-10H,11-14H2,1-6H3. The van der Waals surface area contributed by atoms with Crippen LogP contribution < -0.4 is 4.74 Å². The average Bonchev–Trinajstić information content (AvgIpc) is 3.02. The maximum Gasteiger partial charge on any atom is 0.340 e. The summed E-state index contributed by atoms with van der Waals surface area (Å²) in [7, 11) is 1.58. The molecule has 5 nitrogen and oxygen atoms in total. The monoisotopic (exact) mass is 474 g/mol. The molecular formula is C25H30O5S2. The van der Waals surface area contributed by atoms with Crippen LogP contribution in [0.25, 0.3) is 0 Å². The van der Waals surface area contributed by atoms with Gasteiger partial charge in [0.1, 0.15) is 11.4 Å². The van der Waals surface area contributed by atoms with Crippen molar-refractivity contribution in [2.45, 2.75) is 71.7 Å². The summed E-state index contributed by atoms with van der Waals surface area (Å²) in [4.78, 5) is 28.3. The molecule has 0 atom stereocenters. The van der Waals surface area contributed by atoms with E-state index in [1.54, 1.807) is 31.4 Å². The molecular weight excluding hydrogens is 444 g/mol. The summed E-state index contributed by atoms with van der Waals surface area (Å²) in [6.07, 6.45) is 1.15. The number of benzene rings is 1. The van der Waals surface area contributed by atoms with Gasteiger partial charge < -0.3 is 14.2 Å². The Kier molecular flexibility index (Phi) is 7.22. The van der Waals surface area contributed by atoms with Crippen LogP contribution in [0.2, 0.25) is 0 Å². The molecule has 172 valence electrons. The Morgan fingerprint density at radius 3 is 2.44 bits per heavy atom. The zero-order chi connectivity index (χ0) is 23.7. The molecule has 0 amide bonds. The van der Waals surface area contributed by atoms with Crippen LogP contribution in [0.3, 0.4) is 0 Å². The van der Waals surface area contributed by atoms with E-state index in [-0.39, 0.29) is 23.8 Å². The van der Waals surface area contributed by atoms with E-state index >= 15 is 0 Å². The van der Waals surface area contributed by atoms with Gasteiger partial charge in [-0.2, -0.15) is 0 Å². The van der Waals surface area contributed by atoms with Gasteiger partial charge in [0.15, 0.2) is 5.78 Å². The van der Waals surface area contributed by atoms with Crippen molar-refractivity contribution in [3.63, 3.8) is 0 Å². The predicted molar refractivity (Wildman–Crippen MR) is 130 cm³/mol. The van der Waals surface area contributed by atoms with Crippen molar-refractivity contribution in [1.29, 1.82) is 0 Å². The molecule has 0 fully saturated rings. The van der Waals surface area contributed by atoms with Gasteiger partial charge in [-0.3, -0.25) is 4.79 Å². The highest BCUT2D eigenvalue weighted by molar-refractivity contribution is 7.80. The van der Waals surface area contributed by atoms with E-state index in [0.717, 1.165) is 15.3 Å². The van der Waals surface area contributed by atoms with Crippen molar-refractivity contribution in [2.75, 3.05) is 7.11 Å². The van der Waals surface area contributed by atoms with Crippen LogP contribution in [0.4, 0.5) is 0 Å². The Labute approximate surface area is 199 Å². The highest BCUT2D eigenvalue weighted by Crippen LogP contribution is 2.39. The normalized spacial score (nSPS) is 15.1. The molecule has 2 aromatic rings. The summed E-state index contributed by atoms with van der Waals surface area (Å²) < 4.78 is 16.8.